The van der Waals surface area contributed by atoms with Crippen LogP contribution in [0.2, 0.25) is 0 Å². The number of benzene rings is 2. The number of carbonyl (C=O) groups is 1. The van der Waals surface area contributed by atoms with Crippen molar-refractivity contribution < 1.29 is 41.0 Å². The third-order valence-corrected chi connectivity index (χ3v) is 4.77. The molecule has 0 bridgehead atoms. The lowest BCUT2D eigenvalue weighted by Crippen LogP contribution is -2.13. The highest BCUT2D eigenvalue weighted by Crippen LogP contribution is 2.35. The van der Waals surface area contributed by atoms with Crippen molar-refractivity contribution in [2.75, 3.05) is 0 Å². The maximum atomic E-state index is 14.3. The van der Waals surface area contributed by atoms with Crippen LogP contribution in [0.3, 0.4) is 0 Å². The van der Waals surface area contributed by atoms with Gasteiger partial charge < -0.3 is 14.4 Å². The van der Waals surface area contributed by atoms with Gasteiger partial charge in [-0.05, 0) is 54.8 Å². The number of aromatic nitrogens is 1. The van der Waals surface area contributed by atoms with E-state index in [0.717, 1.165) is 35.0 Å². The predicted octanol–water partition coefficient (Wildman–Crippen LogP) is 5.82. The van der Waals surface area contributed by atoms with Crippen molar-refractivity contribution in [3.05, 3.63) is 82.4 Å². The molecule has 2 aromatic carbocycles. The third kappa shape index (κ3) is 5.06. The Bertz CT molecular complexity index is 1130. The smallest absolute Gasteiger partial charge is 0.418 e. The molecule has 0 aliphatic heterocycles. The van der Waals surface area contributed by atoms with E-state index in [0.29, 0.717) is 5.56 Å². The van der Waals surface area contributed by atoms with E-state index in [1.165, 1.54) is 19.1 Å². The van der Waals surface area contributed by atoms with Crippen molar-refractivity contribution >= 4 is 5.97 Å². The number of aryl methyl sites for hydroxylation is 2. The van der Waals surface area contributed by atoms with Gasteiger partial charge in [0.15, 0.2) is 17.4 Å². The molecule has 0 aliphatic rings. The highest BCUT2D eigenvalue weighted by Gasteiger charge is 2.36. The number of aliphatic carboxylic acids is 1. The van der Waals surface area contributed by atoms with Gasteiger partial charge in [-0.2, -0.15) is 13.2 Å². The van der Waals surface area contributed by atoms with Gasteiger partial charge in [-0.15, -0.1) is 0 Å². The van der Waals surface area contributed by atoms with E-state index in [1.807, 2.05) is 0 Å². The van der Waals surface area contributed by atoms with Crippen molar-refractivity contribution in [3.8, 4) is 11.4 Å². The molecule has 1 N–H and O–H groups in total. The summed E-state index contributed by atoms with van der Waals surface area (Å²) in [6, 6.07) is 6.31. The molecule has 10 heteroatoms. The molecule has 0 amide bonds. The van der Waals surface area contributed by atoms with Gasteiger partial charge >= 0.3 is 12.1 Å². The van der Waals surface area contributed by atoms with E-state index in [1.54, 1.807) is 0 Å². The second-order valence-corrected chi connectivity index (χ2v) is 7.05. The van der Waals surface area contributed by atoms with E-state index >= 15 is 0 Å². The summed E-state index contributed by atoms with van der Waals surface area (Å²) >= 11 is 0. The summed E-state index contributed by atoms with van der Waals surface area (Å²) in [4.78, 5) is 10.6. The number of halogens is 6. The maximum Gasteiger partial charge on any atom is 0.418 e. The molecule has 32 heavy (non-hydrogen) atoms. The number of hydrogen-bond donors (Lipinski definition) is 1. The first-order valence-corrected chi connectivity index (χ1v) is 9.34. The van der Waals surface area contributed by atoms with E-state index < -0.39 is 53.2 Å². The quantitative estimate of drug-likeness (QED) is 0.455. The third-order valence-electron chi connectivity index (χ3n) is 4.77. The summed E-state index contributed by atoms with van der Waals surface area (Å²) < 4.78 is 89.1. The first kappa shape index (κ1) is 23.2. The second-order valence-electron chi connectivity index (χ2n) is 7.05. The van der Waals surface area contributed by atoms with Gasteiger partial charge in [-0.3, -0.25) is 4.79 Å². The van der Waals surface area contributed by atoms with E-state index in [2.05, 4.69) is 0 Å². The predicted molar refractivity (Wildman–Crippen MR) is 102 cm³/mol. The summed E-state index contributed by atoms with van der Waals surface area (Å²) in [7, 11) is 0. The molecule has 3 rings (SSSR count). The maximum absolute atomic E-state index is 14.3. The summed E-state index contributed by atoms with van der Waals surface area (Å²) in [5.41, 5.74) is -1.15. The Morgan fingerprint density at radius 3 is 2.25 bits per heavy atom. The Balaban J connectivity index is 1.94. The number of alkyl halides is 3. The van der Waals surface area contributed by atoms with Crippen LogP contribution in [0.15, 0.2) is 42.6 Å². The second kappa shape index (κ2) is 8.97. The molecule has 3 aromatic rings. The first-order chi connectivity index (χ1) is 15.0. The van der Waals surface area contributed by atoms with Gasteiger partial charge in [0.05, 0.1) is 11.3 Å². The lowest BCUT2D eigenvalue weighted by molar-refractivity contribution is -0.139. The molecule has 0 radical (unpaired) electrons. The van der Waals surface area contributed by atoms with Crippen molar-refractivity contribution in [1.82, 2.24) is 4.57 Å². The van der Waals surface area contributed by atoms with Crippen LogP contribution >= 0.6 is 0 Å². The summed E-state index contributed by atoms with van der Waals surface area (Å²) in [6.45, 7) is 0.630. The average molecular weight is 457 g/mol. The molecule has 170 valence electrons. The van der Waals surface area contributed by atoms with Crippen molar-refractivity contribution in [2.24, 2.45) is 0 Å². The Hall–Kier alpha value is -3.43. The highest BCUT2D eigenvalue weighted by molar-refractivity contribution is 5.67. The van der Waals surface area contributed by atoms with Gasteiger partial charge in [0.25, 0.3) is 0 Å². The van der Waals surface area contributed by atoms with Crippen molar-refractivity contribution in [3.63, 3.8) is 0 Å². The molecule has 0 spiro atoms. The fraction of sp³-hybridized carbons (Fsp3) is 0.227. The fourth-order valence-electron chi connectivity index (χ4n) is 3.13. The normalized spacial score (nSPS) is 11.6. The van der Waals surface area contributed by atoms with Crippen LogP contribution in [-0.4, -0.2) is 15.6 Å². The summed E-state index contributed by atoms with van der Waals surface area (Å²) in [5.74, 6) is -5.05. The lowest BCUT2D eigenvalue weighted by atomic mass is 10.1. The van der Waals surface area contributed by atoms with Gasteiger partial charge in [0.1, 0.15) is 12.4 Å². The zero-order valence-corrected chi connectivity index (χ0v) is 16.6. The molecular weight excluding hydrogens is 440 g/mol. The lowest BCUT2D eigenvalue weighted by Gasteiger charge is -2.16. The van der Waals surface area contributed by atoms with Gasteiger partial charge in [0.2, 0.25) is 0 Å². The van der Waals surface area contributed by atoms with Crippen LogP contribution in [0.4, 0.5) is 26.3 Å². The van der Waals surface area contributed by atoms with Crippen LogP contribution in [0.1, 0.15) is 28.8 Å². The SMILES string of the molecule is Cc1ccc(-n2ccc(C(F)(F)F)c2COc2c(F)cc(CCC(=O)O)cc2F)cc1F. The molecule has 1 aromatic heterocycles. The molecule has 0 unspecified atom stereocenters. The monoisotopic (exact) mass is 457 g/mol. The number of carboxylic acids is 1. The topological polar surface area (TPSA) is 51.5 Å². The summed E-state index contributed by atoms with van der Waals surface area (Å²) in [6.07, 6.45) is -4.21. The van der Waals surface area contributed by atoms with Crippen LogP contribution in [0.25, 0.3) is 5.69 Å². The first-order valence-electron chi connectivity index (χ1n) is 9.34. The van der Waals surface area contributed by atoms with Crippen LogP contribution in [0, 0.1) is 24.4 Å². The standard InChI is InChI=1S/C22H17F6NO3/c1-12-2-4-14(10-16(12)23)29-7-6-15(22(26,27)28)19(29)11-32-21-17(24)8-13(9-18(21)25)3-5-20(30)31/h2,4,6-10H,3,5,11H2,1H3,(H,30,31). The van der Waals surface area contributed by atoms with Crippen molar-refractivity contribution in [2.45, 2.75) is 32.5 Å². The number of nitrogens with zero attached hydrogens (tertiary/aromatic N) is 1. The molecule has 0 saturated heterocycles. The van der Waals surface area contributed by atoms with E-state index in [9.17, 15) is 31.1 Å². The molecule has 1 heterocycles. The number of ether oxygens (including phenoxy) is 1. The zero-order chi connectivity index (χ0) is 23.6. The van der Waals surface area contributed by atoms with Crippen LogP contribution < -0.4 is 4.74 Å². The summed E-state index contributed by atoms with van der Waals surface area (Å²) in [5, 5.41) is 8.67. The fourth-order valence-corrected chi connectivity index (χ4v) is 3.13. The largest absolute Gasteiger partial charge is 0.481 e. The van der Waals surface area contributed by atoms with Gasteiger partial charge in [0, 0.05) is 18.3 Å². The Kier molecular flexibility index (Phi) is 6.52. The minimum Gasteiger partial charge on any atom is -0.481 e. The Morgan fingerprint density at radius 1 is 1.03 bits per heavy atom. The Labute approximate surface area is 178 Å². The van der Waals surface area contributed by atoms with E-state index in [4.69, 9.17) is 9.84 Å². The van der Waals surface area contributed by atoms with Gasteiger partial charge in [-0.1, -0.05) is 6.07 Å². The van der Waals surface area contributed by atoms with Crippen molar-refractivity contribution in [1.29, 1.82) is 0 Å². The number of hydrogen-bond acceptors (Lipinski definition) is 2. The molecule has 0 aliphatic carbocycles. The van der Waals surface area contributed by atoms with Crippen LogP contribution in [0.5, 0.6) is 5.75 Å². The Morgan fingerprint density at radius 2 is 1.69 bits per heavy atom. The molecule has 0 fully saturated rings. The van der Waals surface area contributed by atoms with Gasteiger partial charge in [-0.25, -0.2) is 13.2 Å². The number of rotatable bonds is 7. The van der Waals surface area contributed by atoms with Crippen LogP contribution in [-0.2, 0) is 24.0 Å². The molecule has 4 nitrogen and oxygen atoms in total. The number of carboxylic acid groups (broad SMARTS) is 1. The van der Waals surface area contributed by atoms with E-state index in [-0.39, 0.29) is 24.1 Å². The zero-order valence-electron chi connectivity index (χ0n) is 16.6. The minimum atomic E-state index is -4.79. The molecule has 0 atom stereocenters. The highest BCUT2D eigenvalue weighted by atomic mass is 19.4. The molecule has 0 saturated carbocycles. The average Bonchev–Trinajstić information content (AvgIpc) is 3.12. The molecular formula is C22H17F6NO3. The minimum absolute atomic E-state index is 0.0595.